The van der Waals surface area contributed by atoms with Gasteiger partial charge in [-0.2, -0.15) is 0 Å². The number of nitrogens with two attached hydrogens (primary N) is 1. The molecular formula is C13H16ClN3O2. The van der Waals surface area contributed by atoms with Crippen LogP contribution in [0.15, 0.2) is 18.2 Å². The molecule has 1 saturated carbocycles. The molecule has 102 valence electrons. The van der Waals surface area contributed by atoms with Crippen molar-refractivity contribution in [1.29, 1.82) is 0 Å². The first-order chi connectivity index (χ1) is 8.97. The van der Waals surface area contributed by atoms with Gasteiger partial charge in [0.25, 0.3) is 5.91 Å². The van der Waals surface area contributed by atoms with Gasteiger partial charge < -0.3 is 16.0 Å². The Balaban J connectivity index is 2.01. The lowest BCUT2D eigenvalue weighted by molar-refractivity contribution is -0.121. The molecule has 2 rings (SSSR count). The first-order valence-corrected chi connectivity index (χ1v) is 6.45. The van der Waals surface area contributed by atoms with E-state index in [0.717, 1.165) is 12.8 Å². The van der Waals surface area contributed by atoms with Crippen molar-refractivity contribution in [3.05, 3.63) is 28.8 Å². The summed E-state index contributed by atoms with van der Waals surface area (Å²) in [6.45, 7) is 0.0152. The number of anilines is 1. The Labute approximate surface area is 116 Å². The molecule has 1 aliphatic rings. The van der Waals surface area contributed by atoms with Gasteiger partial charge in [0, 0.05) is 23.8 Å². The molecule has 0 atom stereocenters. The largest absolute Gasteiger partial charge is 0.398 e. The fraction of sp³-hybridized carbons (Fsp3) is 0.385. The SMILES string of the molecule is CN(CC(=O)NC1CC1)C(=O)c1cc(Cl)ccc1N. The smallest absolute Gasteiger partial charge is 0.256 e. The molecule has 0 aliphatic heterocycles. The molecule has 0 aromatic heterocycles. The van der Waals surface area contributed by atoms with Crippen LogP contribution in [0.5, 0.6) is 0 Å². The summed E-state index contributed by atoms with van der Waals surface area (Å²) >= 11 is 5.84. The zero-order chi connectivity index (χ0) is 14.0. The summed E-state index contributed by atoms with van der Waals surface area (Å²) in [4.78, 5) is 25.1. The quantitative estimate of drug-likeness (QED) is 0.816. The Bertz CT molecular complexity index is 515. The van der Waals surface area contributed by atoms with Gasteiger partial charge in [-0.1, -0.05) is 11.6 Å². The molecule has 6 heteroatoms. The molecule has 1 fully saturated rings. The highest BCUT2D eigenvalue weighted by atomic mass is 35.5. The van der Waals surface area contributed by atoms with Crippen LogP contribution in [0, 0.1) is 0 Å². The highest BCUT2D eigenvalue weighted by Crippen LogP contribution is 2.20. The predicted octanol–water partition coefficient (Wildman–Crippen LogP) is 1.27. The molecule has 0 spiro atoms. The monoisotopic (exact) mass is 281 g/mol. The molecule has 1 aromatic rings. The average molecular weight is 282 g/mol. The Morgan fingerprint density at radius 2 is 2.16 bits per heavy atom. The van der Waals surface area contributed by atoms with Crippen LogP contribution in [-0.4, -0.2) is 36.3 Å². The number of hydrogen-bond donors (Lipinski definition) is 2. The number of amides is 2. The topological polar surface area (TPSA) is 75.4 Å². The molecule has 0 heterocycles. The number of benzene rings is 1. The Hall–Kier alpha value is -1.75. The van der Waals surface area contributed by atoms with Crippen LogP contribution in [0.4, 0.5) is 5.69 Å². The Morgan fingerprint density at radius 3 is 2.79 bits per heavy atom. The van der Waals surface area contributed by atoms with Crippen molar-refractivity contribution < 1.29 is 9.59 Å². The molecule has 1 aliphatic carbocycles. The van der Waals surface area contributed by atoms with E-state index in [-0.39, 0.29) is 24.4 Å². The van der Waals surface area contributed by atoms with E-state index in [2.05, 4.69) is 5.32 Å². The third kappa shape index (κ3) is 3.61. The zero-order valence-electron chi connectivity index (χ0n) is 10.6. The Kier molecular flexibility index (Phi) is 3.95. The van der Waals surface area contributed by atoms with E-state index in [0.29, 0.717) is 16.3 Å². The van der Waals surface area contributed by atoms with Gasteiger partial charge >= 0.3 is 0 Å². The fourth-order valence-electron chi connectivity index (χ4n) is 1.71. The van der Waals surface area contributed by atoms with Crippen LogP contribution < -0.4 is 11.1 Å². The number of carbonyl (C=O) groups excluding carboxylic acids is 2. The van der Waals surface area contributed by atoms with Crippen LogP contribution in [0.1, 0.15) is 23.2 Å². The molecule has 3 N–H and O–H groups in total. The van der Waals surface area contributed by atoms with E-state index in [1.807, 2.05) is 0 Å². The van der Waals surface area contributed by atoms with Crippen molar-refractivity contribution in [2.45, 2.75) is 18.9 Å². The first-order valence-electron chi connectivity index (χ1n) is 6.07. The van der Waals surface area contributed by atoms with Crippen molar-refractivity contribution in [1.82, 2.24) is 10.2 Å². The predicted molar refractivity (Wildman–Crippen MR) is 74.0 cm³/mol. The lowest BCUT2D eigenvalue weighted by atomic mass is 10.1. The second-order valence-corrected chi connectivity index (χ2v) is 5.17. The zero-order valence-corrected chi connectivity index (χ0v) is 11.4. The summed E-state index contributed by atoms with van der Waals surface area (Å²) in [6.07, 6.45) is 2.04. The van der Waals surface area contributed by atoms with E-state index in [1.54, 1.807) is 19.2 Å². The summed E-state index contributed by atoms with van der Waals surface area (Å²) in [5.41, 5.74) is 6.41. The highest BCUT2D eigenvalue weighted by molar-refractivity contribution is 6.31. The number of carbonyl (C=O) groups is 2. The van der Waals surface area contributed by atoms with Gasteiger partial charge in [-0.05, 0) is 31.0 Å². The normalized spacial score (nSPS) is 14.0. The standard InChI is InChI=1S/C13H16ClN3O2/c1-17(7-12(18)16-9-3-4-9)13(19)10-6-8(14)2-5-11(10)15/h2,5-6,9H,3-4,7,15H2,1H3,(H,16,18). The fourth-order valence-corrected chi connectivity index (χ4v) is 1.88. The van der Waals surface area contributed by atoms with Gasteiger partial charge in [0.1, 0.15) is 0 Å². The average Bonchev–Trinajstić information content (AvgIpc) is 3.15. The second kappa shape index (κ2) is 5.48. The van der Waals surface area contributed by atoms with Gasteiger partial charge in [0.05, 0.1) is 12.1 Å². The van der Waals surface area contributed by atoms with E-state index >= 15 is 0 Å². The molecule has 19 heavy (non-hydrogen) atoms. The summed E-state index contributed by atoms with van der Waals surface area (Å²) in [5, 5.41) is 3.27. The lowest BCUT2D eigenvalue weighted by Crippen LogP contribution is -2.39. The minimum Gasteiger partial charge on any atom is -0.398 e. The number of rotatable bonds is 4. The van der Waals surface area contributed by atoms with Gasteiger partial charge in [0.2, 0.25) is 5.91 Å². The number of halogens is 1. The van der Waals surface area contributed by atoms with Gasteiger partial charge in [-0.25, -0.2) is 0 Å². The molecule has 5 nitrogen and oxygen atoms in total. The maximum atomic E-state index is 12.2. The van der Waals surface area contributed by atoms with E-state index < -0.39 is 0 Å². The lowest BCUT2D eigenvalue weighted by Gasteiger charge is -2.18. The van der Waals surface area contributed by atoms with Gasteiger partial charge in [-0.3, -0.25) is 9.59 Å². The summed E-state index contributed by atoms with van der Waals surface area (Å²) in [6, 6.07) is 4.99. The summed E-state index contributed by atoms with van der Waals surface area (Å²) in [7, 11) is 1.56. The molecule has 1 aromatic carbocycles. The van der Waals surface area contributed by atoms with Crippen molar-refractivity contribution in [2.75, 3.05) is 19.3 Å². The van der Waals surface area contributed by atoms with E-state index in [9.17, 15) is 9.59 Å². The third-order valence-corrected chi connectivity index (χ3v) is 3.15. The van der Waals surface area contributed by atoms with Crippen molar-refractivity contribution in [3.8, 4) is 0 Å². The number of nitrogen functional groups attached to an aromatic ring is 1. The van der Waals surface area contributed by atoms with Crippen LogP contribution in [0.2, 0.25) is 5.02 Å². The molecular weight excluding hydrogens is 266 g/mol. The molecule has 2 amide bonds. The van der Waals surface area contributed by atoms with Crippen molar-refractivity contribution >= 4 is 29.1 Å². The van der Waals surface area contributed by atoms with Crippen LogP contribution in [0.3, 0.4) is 0 Å². The summed E-state index contributed by atoms with van der Waals surface area (Å²) < 4.78 is 0. The Morgan fingerprint density at radius 1 is 1.47 bits per heavy atom. The minimum atomic E-state index is -0.314. The highest BCUT2D eigenvalue weighted by Gasteiger charge is 2.24. The second-order valence-electron chi connectivity index (χ2n) is 4.73. The minimum absolute atomic E-state index is 0.0152. The van der Waals surface area contributed by atoms with Crippen LogP contribution in [0.25, 0.3) is 0 Å². The molecule has 0 unspecified atom stereocenters. The first kappa shape index (κ1) is 13.7. The third-order valence-electron chi connectivity index (χ3n) is 2.92. The summed E-state index contributed by atoms with van der Waals surface area (Å²) in [5.74, 6) is -0.468. The number of likely N-dealkylation sites (N-methyl/N-ethyl adjacent to an activating group) is 1. The van der Waals surface area contributed by atoms with E-state index in [4.69, 9.17) is 17.3 Å². The number of nitrogens with zero attached hydrogens (tertiary/aromatic N) is 1. The van der Waals surface area contributed by atoms with Gasteiger partial charge in [0.15, 0.2) is 0 Å². The number of nitrogens with one attached hydrogen (secondary N) is 1. The van der Waals surface area contributed by atoms with Crippen molar-refractivity contribution in [3.63, 3.8) is 0 Å². The van der Waals surface area contributed by atoms with Gasteiger partial charge in [-0.15, -0.1) is 0 Å². The molecule has 0 bridgehead atoms. The molecule has 0 radical (unpaired) electrons. The van der Waals surface area contributed by atoms with Crippen LogP contribution >= 0.6 is 11.6 Å². The maximum absolute atomic E-state index is 12.2. The maximum Gasteiger partial charge on any atom is 0.256 e. The van der Waals surface area contributed by atoms with Crippen LogP contribution in [-0.2, 0) is 4.79 Å². The number of hydrogen-bond acceptors (Lipinski definition) is 3. The van der Waals surface area contributed by atoms with E-state index in [1.165, 1.54) is 11.0 Å². The molecule has 0 saturated heterocycles. The van der Waals surface area contributed by atoms with Crippen molar-refractivity contribution in [2.24, 2.45) is 0 Å².